The normalized spacial score (nSPS) is 34.9. The number of carbonyl (C=O) groups is 2. The van der Waals surface area contributed by atoms with E-state index >= 15 is 0 Å². The molecule has 0 aromatic heterocycles. The summed E-state index contributed by atoms with van der Waals surface area (Å²) >= 11 is 0. The molecular formula is C23H23F2N3O5. The SMILES string of the molecule is C[C@@H](NC(=O)C1=CN2C[C@H]3OC4CC([C@H]5C[C@@H]45)N3C(=O)C2=C(O)C1O)c1ccc(F)cc1F. The quantitative estimate of drug-likeness (QED) is 0.633. The lowest BCUT2D eigenvalue weighted by Gasteiger charge is -2.49. The molecule has 0 radical (unpaired) electrons. The molecule has 7 atom stereocenters. The summed E-state index contributed by atoms with van der Waals surface area (Å²) in [6.45, 7) is 1.74. The zero-order chi connectivity index (χ0) is 23.2. The van der Waals surface area contributed by atoms with Crippen molar-refractivity contribution in [2.24, 2.45) is 11.8 Å². The zero-order valence-corrected chi connectivity index (χ0v) is 17.7. The van der Waals surface area contributed by atoms with E-state index in [9.17, 15) is 28.6 Å². The molecule has 2 bridgehead atoms. The highest BCUT2D eigenvalue weighted by atomic mass is 19.1. The number of nitrogens with zero attached hydrogens (tertiary/aromatic N) is 2. The second kappa shape index (κ2) is 7.01. The fourth-order valence-electron chi connectivity index (χ4n) is 5.85. The lowest BCUT2D eigenvalue weighted by Crippen LogP contribution is -2.62. The van der Waals surface area contributed by atoms with Gasteiger partial charge in [-0.2, -0.15) is 0 Å². The van der Waals surface area contributed by atoms with Gasteiger partial charge in [0.25, 0.3) is 11.8 Å². The predicted octanol–water partition coefficient (Wildman–Crippen LogP) is 1.45. The van der Waals surface area contributed by atoms with Gasteiger partial charge in [-0.3, -0.25) is 9.59 Å². The van der Waals surface area contributed by atoms with Crippen molar-refractivity contribution in [3.8, 4) is 0 Å². The molecule has 8 nitrogen and oxygen atoms in total. The number of hydrogen-bond acceptors (Lipinski definition) is 6. The Kier molecular flexibility index (Phi) is 4.38. The fraction of sp³-hybridized carbons (Fsp3) is 0.478. The van der Waals surface area contributed by atoms with Gasteiger partial charge in [0, 0.05) is 23.9 Å². The summed E-state index contributed by atoms with van der Waals surface area (Å²) in [5, 5.41) is 23.9. The molecule has 2 saturated heterocycles. The van der Waals surface area contributed by atoms with Gasteiger partial charge in [-0.05, 0) is 37.7 Å². The number of aliphatic hydroxyl groups excluding tert-OH is 2. The third-order valence-corrected chi connectivity index (χ3v) is 7.54. The molecule has 2 amide bonds. The Hall–Kier alpha value is -2.98. The Labute approximate surface area is 188 Å². The average Bonchev–Trinajstić information content (AvgIpc) is 3.51. The third-order valence-electron chi connectivity index (χ3n) is 7.54. The number of halogens is 2. The number of benzene rings is 1. The number of fused-ring (bicyclic) bond motifs is 8. The van der Waals surface area contributed by atoms with Crippen LogP contribution in [0.15, 0.2) is 41.4 Å². The highest BCUT2D eigenvalue weighted by Gasteiger charge is 2.63. The molecule has 174 valence electrons. The smallest absolute Gasteiger partial charge is 0.276 e. The zero-order valence-electron chi connectivity index (χ0n) is 17.7. The Morgan fingerprint density at radius 3 is 2.82 bits per heavy atom. The third kappa shape index (κ3) is 3.00. The van der Waals surface area contributed by atoms with Crippen LogP contribution in [0.5, 0.6) is 0 Å². The molecule has 3 unspecified atom stereocenters. The summed E-state index contributed by atoms with van der Waals surface area (Å²) in [5.74, 6) is -2.40. The van der Waals surface area contributed by atoms with E-state index in [1.165, 1.54) is 24.1 Å². The fourth-order valence-corrected chi connectivity index (χ4v) is 5.85. The van der Waals surface area contributed by atoms with Gasteiger partial charge in [0.2, 0.25) is 0 Å². The van der Waals surface area contributed by atoms with Crippen LogP contribution in [-0.4, -0.2) is 62.8 Å². The second-order valence-electron chi connectivity index (χ2n) is 9.44. The second-order valence-corrected chi connectivity index (χ2v) is 9.44. The van der Waals surface area contributed by atoms with E-state index < -0.39 is 47.6 Å². The summed E-state index contributed by atoms with van der Waals surface area (Å²) in [7, 11) is 0. The van der Waals surface area contributed by atoms with Crippen molar-refractivity contribution in [1.82, 2.24) is 15.1 Å². The van der Waals surface area contributed by atoms with Gasteiger partial charge >= 0.3 is 0 Å². The van der Waals surface area contributed by atoms with Crippen LogP contribution >= 0.6 is 0 Å². The van der Waals surface area contributed by atoms with Crippen molar-refractivity contribution in [3.63, 3.8) is 0 Å². The number of aliphatic hydroxyl groups is 2. The number of nitrogens with one attached hydrogen (secondary N) is 1. The molecular weight excluding hydrogens is 436 g/mol. The maximum Gasteiger partial charge on any atom is 0.276 e. The molecule has 3 aliphatic heterocycles. The van der Waals surface area contributed by atoms with E-state index in [2.05, 4.69) is 5.32 Å². The number of ether oxygens (including phenoxy) is 1. The van der Waals surface area contributed by atoms with E-state index in [0.29, 0.717) is 11.8 Å². The minimum absolute atomic E-state index is 0.0564. The topological polar surface area (TPSA) is 102 Å². The first-order valence-electron chi connectivity index (χ1n) is 11.1. The van der Waals surface area contributed by atoms with Gasteiger partial charge in [0.1, 0.15) is 23.4 Å². The molecule has 10 heteroatoms. The van der Waals surface area contributed by atoms with Gasteiger partial charge < -0.3 is 30.1 Å². The van der Waals surface area contributed by atoms with Crippen LogP contribution < -0.4 is 5.32 Å². The highest BCUT2D eigenvalue weighted by Crippen LogP contribution is 2.58. The molecule has 1 aromatic rings. The van der Waals surface area contributed by atoms with Crippen LogP contribution in [0.1, 0.15) is 31.4 Å². The van der Waals surface area contributed by atoms with E-state index in [4.69, 9.17) is 4.74 Å². The number of piperazine rings is 1. The van der Waals surface area contributed by atoms with Crippen molar-refractivity contribution in [2.45, 2.75) is 50.3 Å². The van der Waals surface area contributed by atoms with Crippen molar-refractivity contribution in [1.29, 1.82) is 0 Å². The first kappa shape index (κ1) is 20.6. The first-order chi connectivity index (χ1) is 15.7. The highest BCUT2D eigenvalue weighted by molar-refractivity contribution is 5.99. The number of rotatable bonds is 3. The Morgan fingerprint density at radius 1 is 1.27 bits per heavy atom. The largest absolute Gasteiger partial charge is 0.507 e. The lowest BCUT2D eigenvalue weighted by atomic mass is 9.97. The van der Waals surface area contributed by atoms with Crippen LogP contribution in [0.4, 0.5) is 8.78 Å². The molecule has 33 heavy (non-hydrogen) atoms. The minimum Gasteiger partial charge on any atom is -0.507 e. The summed E-state index contributed by atoms with van der Waals surface area (Å²) in [6.07, 6.45) is 1.09. The molecule has 4 fully saturated rings. The van der Waals surface area contributed by atoms with Gasteiger partial charge in [-0.1, -0.05) is 6.07 Å². The average molecular weight is 459 g/mol. The number of amides is 2. The van der Waals surface area contributed by atoms with E-state index in [-0.39, 0.29) is 35.5 Å². The van der Waals surface area contributed by atoms with Crippen molar-refractivity contribution < 1.29 is 33.3 Å². The van der Waals surface area contributed by atoms with Crippen LogP contribution in [-0.2, 0) is 14.3 Å². The number of carbonyl (C=O) groups excluding carboxylic acids is 2. The predicted molar refractivity (Wildman–Crippen MR) is 109 cm³/mol. The van der Waals surface area contributed by atoms with Gasteiger partial charge in [0.15, 0.2) is 12.0 Å². The van der Waals surface area contributed by atoms with Crippen LogP contribution in [0.3, 0.4) is 0 Å². The van der Waals surface area contributed by atoms with Crippen molar-refractivity contribution in [3.05, 3.63) is 58.6 Å². The van der Waals surface area contributed by atoms with E-state index in [0.717, 1.165) is 25.0 Å². The summed E-state index contributed by atoms with van der Waals surface area (Å²) < 4.78 is 33.4. The summed E-state index contributed by atoms with van der Waals surface area (Å²) in [4.78, 5) is 29.3. The van der Waals surface area contributed by atoms with Crippen molar-refractivity contribution in [2.75, 3.05) is 6.54 Å². The van der Waals surface area contributed by atoms with E-state index in [1.807, 2.05) is 0 Å². The minimum atomic E-state index is -1.71. The molecule has 1 aromatic carbocycles. The van der Waals surface area contributed by atoms with E-state index in [1.54, 1.807) is 4.90 Å². The maximum atomic E-state index is 14.1. The Morgan fingerprint density at radius 2 is 2.06 bits per heavy atom. The monoisotopic (exact) mass is 459 g/mol. The van der Waals surface area contributed by atoms with Gasteiger partial charge in [0.05, 0.1) is 24.3 Å². The van der Waals surface area contributed by atoms with Crippen LogP contribution in [0.2, 0.25) is 0 Å². The Balaban J connectivity index is 1.25. The maximum absolute atomic E-state index is 14.1. The van der Waals surface area contributed by atoms with Gasteiger partial charge in [-0.15, -0.1) is 0 Å². The summed E-state index contributed by atoms with van der Waals surface area (Å²) in [5.41, 5.74) is -0.169. The molecule has 6 rings (SSSR count). The van der Waals surface area contributed by atoms with Crippen LogP contribution in [0, 0.1) is 23.5 Å². The molecule has 0 spiro atoms. The molecule has 3 heterocycles. The van der Waals surface area contributed by atoms with Crippen LogP contribution in [0.25, 0.3) is 0 Å². The summed E-state index contributed by atoms with van der Waals surface area (Å²) in [6, 6.07) is 2.28. The first-order valence-corrected chi connectivity index (χ1v) is 11.1. The standard InChI is InChI=1S/C23H23F2N3O5/c1-9(11-3-2-10(24)4-15(11)25)26-22(31)14-7-27-8-18-28(23(32)19(27)21(30)20(14)29)16-6-17(33-18)13-5-12(13)16/h2-4,7,9,12-13,16-18,20,29-30H,5-6,8H2,1H3,(H,26,31)/t9-,12+,13-,16?,17?,18-,20?/m1/s1. The molecule has 2 aliphatic carbocycles. The molecule has 2 saturated carbocycles. The van der Waals surface area contributed by atoms with Gasteiger partial charge in [-0.25, -0.2) is 8.78 Å². The number of hydrogen-bond donors (Lipinski definition) is 3. The lowest BCUT2D eigenvalue weighted by molar-refractivity contribution is -0.183. The molecule has 3 N–H and O–H groups in total. The van der Waals surface area contributed by atoms with Crippen molar-refractivity contribution >= 4 is 11.8 Å². The molecule has 5 aliphatic rings. The Bertz CT molecular complexity index is 1140.